The van der Waals surface area contributed by atoms with Gasteiger partial charge in [-0.15, -0.1) is 0 Å². The van der Waals surface area contributed by atoms with Gasteiger partial charge in [-0.25, -0.2) is 0 Å². The summed E-state index contributed by atoms with van der Waals surface area (Å²) in [5, 5.41) is 3.64. The number of ether oxygens (including phenoxy) is 4. The molecule has 2 aromatic carbocycles. The lowest BCUT2D eigenvalue weighted by atomic mass is 10.1. The third-order valence-electron chi connectivity index (χ3n) is 4.38. The van der Waals surface area contributed by atoms with E-state index in [0.29, 0.717) is 26.4 Å². The van der Waals surface area contributed by atoms with E-state index in [2.05, 4.69) is 9.99 Å². The predicted molar refractivity (Wildman–Crippen MR) is 124 cm³/mol. The second-order valence-corrected chi connectivity index (χ2v) is 6.93. The Kier molecular flexibility index (Phi) is 10.9. The number of aryl methyl sites for hydroxylation is 2. The summed E-state index contributed by atoms with van der Waals surface area (Å²) in [6.07, 6.45) is 7.32. The molecular formula is C25H33NO5. The van der Waals surface area contributed by atoms with Crippen molar-refractivity contribution in [2.75, 3.05) is 33.5 Å². The van der Waals surface area contributed by atoms with E-state index in [4.69, 9.17) is 18.9 Å². The van der Waals surface area contributed by atoms with Crippen LogP contribution in [0, 0.1) is 13.8 Å². The number of unbranched alkanes of at least 4 members (excludes halogenated alkanes) is 1. The van der Waals surface area contributed by atoms with Crippen molar-refractivity contribution in [3.63, 3.8) is 0 Å². The van der Waals surface area contributed by atoms with E-state index < -0.39 is 0 Å². The molecule has 0 spiro atoms. The Morgan fingerprint density at radius 3 is 2.13 bits per heavy atom. The topological polar surface area (TPSA) is 58.5 Å². The molecule has 6 nitrogen and oxygen atoms in total. The summed E-state index contributed by atoms with van der Waals surface area (Å²) in [6, 6.07) is 11.6. The van der Waals surface area contributed by atoms with Gasteiger partial charge in [-0.05, 0) is 69.0 Å². The molecule has 0 heterocycles. The highest BCUT2D eigenvalue weighted by molar-refractivity contribution is 5.58. The van der Waals surface area contributed by atoms with Crippen molar-refractivity contribution in [1.29, 1.82) is 0 Å². The Morgan fingerprint density at radius 2 is 1.45 bits per heavy atom. The highest BCUT2D eigenvalue weighted by Crippen LogP contribution is 2.28. The summed E-state index contributed by atoms with van der Waals surface area (Å²) in [4.78, 5) is 4.60. The monoisotopic (exact) mass is 427 g/mol. The number of hydrogen-bond acceptors (Lipinski definition) is 6. The van der Waals surface area contributed by atoms with Crippen molar-refractivity contribution in [2.24, 2.45) is 5.16 Å². The van der Waals surface area contributed by atoms with Crippen molar-refractivity contribution in [3.05, 3.63) is 59.7 Å². The van der Waals surface area contributed by atoms with Crippen LogP contribution in [0.2, 0.25) is 0 Å². The van der Waals surface area contributed by atoms with Gasteiger partial charge in [0.05, 0.1) is 19.4 Å². The molecule has 0 fully saturated rings. The summed E-state index contributed by atoms with van der Waals surface area (Å²) in [5.41, 5.74) is 2.16. The van der Waals surface area contributed by atoms with Gasteiger partial charge in [0, 0.05) is 6.07 Å². The van der Waals surface area contributed by atoms with Crippen LogP contribution in [0.1, 0.15) is 30.9 Å². The smallest absolute Gasteiger partial charge is 0.127 e. The zero-order valence-electron chi connectivity index (χ0n) is 18.9. The first-order valence-electron chi connectivity index (χ1n) is 10.5. The Labute approximate surface area is 185 Å². The number of nitrogens with zero attached hydrogens (tertiary/aromatic N) is 1. The molecule has 6 heteroatoms. The largest absolute Gasteiger partial charge is 0.493 e. The fourth-order valence-electron chi connectivity index (χ4n) is 2.92. The van der Waals surface area contributed by atoms with Crippen molar-refractivity contribution in [1.82, 2.24) is 0 Å². The van der Waals surface area contributed by atoms with Crippen LogP contribution in [0.4, 0.5) is 0 Å². The number of hydrogen-bond donors (Lipinski definition) is 0. The maximum absolute atomic E-state index is 6.02. The van der Waals surface area contributed by atoms with Crippen LogP contribution in [-0.2, 0) is 4.84 Å². The molecule has 0 radical (unpaired) electrons. The Bertz CT molecular complexity index is 825. The van der Waals surface area contributed by atoms with E-state index in [1.807, 2.05) is 69.3 Å². The molecule has 2 rings (SSSR count). The molecule has 0 aliphatic carbocycles. The Balaban J connectivity index is 1.70. The molecule has 0 atom stereocenters. The standard InChI is InChI=1S/C25H33NO5/c1-5-6-13-29-24-17-20(2)25(21(3)18-24)31-15-8-7-14-28-22-10-9-11-23(19-22)30-16-12-26-27-4/h5-6,9-12,17-19H,7-8,13-16H2,1-4H3/b6-5+,26-12?. The minimum absolute atomic E-state index is 0.344. The molecule has 0 amide bonds. The van der Waals surface area contributed by atoms with Crippen LogP contribution in [0.25, 0.3) is 0 Å². The van der Waals surface area contributed by atoms with Crippen molar-refractivity contribution >= 4 is 6.21 Å². The molecule has 0 bridgehead atoms. The lowest BCUT2D eigenvalue weighted by Crippen LogP contribution is -2.05. The van der Waals surface area contributed by atoms with E-state index in [1.165, 1.54) is 7.11 Å². The zero-order chi connectivity index (χ0) is 22.3. The predicted octanol–water partition coefficient (Wildman–Crippen LogP) is 5.51. The molecule has 2 aromatic rings. The molecule has 0 saturated heterocycles. The normalized spacial score (nSPS) is 11.1. The van der Waals surface area contributed by atoms with E-state index in [-0.39, 0.29) is 0 Å². The van der Waals surface area contributed by atoms with Crippen molar-refractivity contribution in [3.8, 4) is 23.0 Å². The minimum Gasteiger partial charge on any atom is -0.493 e. The summed E-state index contributed by atoms with van der Waals surface area (Å²) in [5.74, 6) is 3.31. The number of allylic oxidation sites excluding steroid dienone is 1. The molecule has 0 saturated carbocycles. The first-order chi connectivity index (χ1) is 15.1. The second kappa shape index (κ2) is 14.0. The fourth-order valence-corrected chi connectivity index (χ4v) is 2.92. The van der Waals surface area contributed by atoms with Gasteiger partial charge in [0.15, 0.2) is 0 Å². The lowest BCUT2D eigenvalue weighted by molar-refractivity contribution is 0.212. The Morgan fingerprint density at radius 1 is 0.806 bits per heavy atom. The molecule has 0 aromatic heterocycles. The van der Waals surface area contributed by atoms with Crippen LogP contribution in [0.5, 0.6) is 23.0 Å². The van der Waals surface area contributed by atoms with Gasteiger partial charge in [0.1, 0.15) is 43.3 Å². The summed E-state index contributed by atoms with van der Waals surface area (Å²) < 4.78 is 23.1. The third-order valence-corrected chi connectivity index (χ3v) is 4.38. The molecule has 0 N–H and O–H groups in total. The Hall–Kier alpha value is -3.15. The molecule has 0 aliphatic rings. The maximum Gasteiger partial charge on any atom is 0.127 e. The van der Waals surface area contributed by atoms with Crippen LogP contribution >= 0.6 is 0 Å². The highest BCUT2D eigenvalue weighted by Gasteiger charge is 2.07. The quantitative estimate of drug-likeness (QED) is 0.172. The van der Waals surface area contributed by atoms with E-state index >= 15 is 0 Å². The van der Waals surface area contributed by atoms with Crippen LogP contribution in [0.15, 0.2) is 53.7 Å². The number of oxime groups is 1. The molecular weight excluding hydrogens is 394 g/mol. The molecule has 31 heavy (non-hydrogen) atoms. The maximum atomic E-state index is 6.02. The second-order valence-electron chi connectivity index (χ2n) is 6.93. The van der Waals surface area contributed by atoms with Crippen molar-refractivity contribution in [2.45, 2.75) is 33.6 Å². The van der Waals surface area contributed by atoms with Gasteiger partial charge in [-0.3, -0.25) is 0 Å². The molecule has 0 aliphatic heterocycles. The zero-order valence-corrected chi connectivity index (χ0v) is 18.9. The molecule has 0 unspecified atom stereocenters. The first-order valence-corrected chi connectivity index (χ1v) is 10.5. The van der Waals surface area contributed by atoms with Crippen LogP contribution in [-0.4, -0.2) is 39.8 Å². The fraction of sp³-hybridized carbons (Fsp3) is 0.400. The highest BCUT2D eigenvalue weighted by atomic mass is 16.6. The van der Waals surface area contributed by atoms with Crippen LogP contribution < -0.4 is 18.9 Å². The minimum atomic E-state index is 0.344. The van der Waals surface area contributed by atoms with Gasteiger partial charge in [-0.2, -0.15) is 0 Å². The van der Waals surface area contributed by atoms with Gasteiger partial charge < -0.3 is 23.8 Å². The van der Waals surface area contributed by atoms with Crippen molar-refractivity contribution < 1.29 is 23.8 Å². The van der Waals surface area contributed by atoms with Crippen LogP contribution in [0.3, 0.4) is 0 Å². The molecule has 168 valence electrons. The van der Waals surface area contributed by atoms with E-state index in [9.17, 15) is 0 Å². The summed E-state index contributed by atoms with van der Waals surface area (Å²) in [6.45, 7) is 8.26. The van der Waals surface area contributed by atoms with E-state index in [1.54, 1.807) is 6.21 Å². The van der Waals surface area contributed by atoms with Gasteiger partial charge >= 0.3 is 0 Å². The summed E-state index contributed by atoms with van der Waals surface area (Å²) >= 11 is 0. The first kappa shape index (κ1) is 24.1. The van der Waals surface area contributed by atoms with Gasteiger partial charge in [0.25, 0.3) is 0 Å². The number of rotatable bonds is 14. The average molecular weight is 428 g/mol. The van der Waals surface area contributed by atoms with E-state index in [0.717, 1.165) is 47.0 Å². The average Bonchev–Trinajstić information content (AvgIpc) is 2.76. The summed E-state index contributed by atoms with van der Waals surface area (Å²) in [7, 11) is 1.50. The van der Waals surface area contributed by atoms with Gasteiger partial charge in [-0.1, -0.05) is 23.4 Å². The SMILES string of the molecule is C/C=C/COc1cc(C)c(OCCCCOc2cccc(OCC=NOC)c2)c(C)c1. The third kappa shape index (κ3) is 9.03. The lowest BCUT2D eigenvalue weighted by Gasteiger charge is -2.14. The van der Waals surface area contributed by atoms with Gasteiger partial charge in [0.2, 0.25) is 0 Å². The number of benzene rings is 2.